The molecule has 6 rings (SSSR count). The van der Waals surface area contributed by atoms with E-state index >= 15 is 4.39 Å². The Labute approximate surface area is 245 Å². The van der Waals surface area contributed by atoms with Gasteiger partial charge in [-0.3, -0.25) is 14.5 Å². The number of rotatable bonds is 7. The Morgan fingerprint density at radius 1 is 1.14 bits per heavy atom. The lowest BCUT2D eigenvalue weighted by atomic mass is 9.71. The second-order valence-corrected chi connectivity index (χ2v) is 12.4. The lowest BCUT2D eigenvalue weighted by Gasteiger charge is -2.33. The molecule has 0 radical (unpaired) electrons. The number of carbonyl (C=O) groups excluding carboxylic acids is 3. The van der Waals surface area contributed by atoms with Crippen molar-refractivity contribution in [2.24, 2.45) is 11.8 Å². The molecule has 4 aliphatic rings. The van der Waals surface area contributed by atoms with Crippen LogP contribution in [-0.4, -0.2) is 72.0 Å². The van der Waals surface area contributed by atoms with Gasteiger partial charge >= 0.3 is 6.09 Å². The van der Waals surface area contributed by atoms with Gasteiger partial charge in [0.2, 0.25) is 5.91 Å². The van der Waals surface area contributed by atoms with Crippen molar-refractivity contribution in [1.29, 1.82) is 0 Å². The van der Waals surface area contributed by atoms with Gasteiger partial charge in [0.05, 0.1) is 44.0 Å². The molecule has 224 valence electrons. The molecule has 0 aromatic heterocycles. The van der Waals surface area contributed by atoms with E-state index in [1.165, 1.54) is 18.7 Å². The Bertz CT molecular complexity index is 1380. The van der Waals surface area contributed by atoms with Crippen molar-refractivity contribution in [3.8, 4) is 0 Å². The van der Waals surface area contributed by atoms with Crippen molar-refractivity contribution >= 4 is 29.3 Å². The summed E-state index contributed by atoms with van der Waals surface area (Å²) in [5.41, 5.74) is -0.631. The number of hydrogen-bond donors (Lipinski definition) is 1. The number of likely N-dealkylation sites (tertiary alicyclic amines) is 1. The third-order valence-electron chi connectivity index (χ3n) is 9.48. The highest BCUT2D eigenvalue weighted by atomic mass is 19.1. The molecule has 4 aliphatic heterocycles. The molecule has 9 nitrogen and oxygen atoms in total. The van der Waals surface area contributed by atoms with Gasteiger partial charge in [0.15, 0.2) is 5.60 Å². The van der Waals surface area contributed by atoms with E-state index in [9.17, 15) is 19.5 Å². The summed E-state index contributed by atoms with van der Waals surface area (Å²) >= 11 is 0. The van der Waals surface area contributed by atoms with E-state index < -0.39 is 35.3 Å². The van der Waals surface area contributed by atoms with Crippen LogP contribution in [0.15, 0.2) is 48.5 Å². The molecule has 0 bridgehead atoms. The van der Waals surface area contributed by atoms with Gasteiger partial charge in [-0.2, -0.15) is 0 Å². The maximum atomic E-state index is 16.1. The van der Waals surface area contributed by atoms with E-state index in [-0.39, 0.29) is 44.0 Å². The molecule has 10 heteroatoms. The SMILES string of the molecule is C[C@H]1[C@H](C(C)(C)F)[C@@H](CC(=O)N2CCC[C@H]2CO)O[C@]12C(=O)N(Cc1ccccc1)c1ccc(N3CCOC3=O)cc12. The minimum absolute atomic E-state index is 0.0972. The topological polar surface area (TPSA) is 99.6 Å². The van der Waals surface area contributed by atoms with E-state index in [2.05, 4.69) is 0 Å². The highest BCUT2D eigenvalue weighted by Crippen LogP contribution is 2.59. The number of aliphatic hydroxyl groups excluding tert-OH is 1. The van der Waals surface area contributed by atoms with Gasteiger partial charge in [0, 0.05) is 29.6 Å². The summed E-state index contributed by atoms with van der Waals surface area (Å²) in [4.78, 5) is 45.4. The van der Waals surface area contributed by atoms with Crippen molar-refractivity contribution in [3.63, 3.8) is 0 Å². The van der Waals surface area contributed by atoms with Crippen LogP contribution in [0.2, 0.25) is 0 Å². The molecule has 0 unspecified atom stereocenters. The van der Waals surface area contributed by atoms with Gasteiger partial charge in [-0.05, 0) is 50.5 Å². The summed E-state index contributed by atoms with van der Waals surface area (Å²) in [5, 5.41) is 9.79. The normalized spacial score (nSPS) is 29.1. The molecular formula is C32H38FN3O6. The Balaban J connectivity index is 1.43. The average molecular weight is 580 g/mol. The van der Waals surface area contributed by atoms with Gasteiger partial charge < -0.3 is 24.4 Å². The van der Waals surface area contributed by atoms with Gasteiger partial charge in [-0.1, -0.05) is 37.3 Å². The van der Waals surface area contributed by atoms with Gasteiger partial charge in [0.1, 0.15) is 12.3 Å². The van der Waals surface area contributed by atoms with Crippen molar-refractivity contribution in [2.45, 2.75) is 70.0 Å². The Hall–Kier alpha value is -3.50. The highest BCUT2D eigenvalue weighted by Gasteiger charge is 2.66. The van der Waals surface area contributed by atoms with Crippen LogP contribution in [0.5, 0.6) is 0 Å². The molecule has 2 aromatic carbocycles. The van der Waals surface area contributed by atoms with E-state index in [4.69, 9.17) is 9.47 Å². The lowest BCUT2D eigenvalue weighted by Crippen LogP contribution is -2.45. The zero-order valence-electron chi connectivity index (χ0n) is 24.3. The predicted molar refractivity (Wildman–Crippen MR) is 154 cm³/mol. The first-order chi connectivity index (χ1) is 20.1. The first kappa shape index (κ1) is 28.6. The second-order valence-electron chi connectivity index (χ2n) is 12.4. The first-order valence-corrected chi connectivity index (χ1v) is 14.8. The molecule has 2 aromatic rings. The summed E-state index contributed by atoms with van der Waals surface area (Å²) in [6, 6.07) is 14.7. The maximum Gasteiger partial charge on any atom is 0.414 e. The molecule has 4 heterocycles. The summed E-state index contributed by atoms with van der Waals surface area (Å²) < 4.78 is 28.0. The molecule has 3 saturated heterocycles. The van der Waals surface area contributed by atoms with Crippen LogP contribution in [0.3, 0.4) is 0 Å². The molecule has 42 heavy (non-hydrogen) atoms. The zero-order chi connectivity index (χ0) is 29.8. The molecule has 0 aliphatic carbocycles. The number of ether oxygens (including phenoxy) is 2. The van der Waals surface area contributed by atoms with Crippen molar-refractivity contribution in [3.05, 3.63) is 59.7 Å². The number of nitrogens with zero attached hydrogens (tertiary/aromatic N) is 3. The fraction of sp³-hybridized carbons (Fsp3) is 0.531. The molecule has 0 saturated carbocycles. The summed E-state index contributed by atoms with van der Waals surface area (Å²) in [6.45, 7) is 6.10. The number of anilines is 2. The van der Waals surface area contributed by atoms with E-state index in [1.807, 2.05) is 43.3 Å². The largest absolute Gasteiger partial charge is 0.447 e. The number of benzene rings is 2. The van der Waals surface area contributed by atoms with E-state index in [0.29, 0.717) is 36.4 Å². The van der Waals surface area contributed by atoms with Crippen molar-refractivity contribution in [2.75, 3.05) is 36.1 Å². The average Bonchev–Trinajstić information content (AvgIpc) is 3.72. The maximum absolute atomic E-state index is 16.1. The van der Waals surface area contributed by atoms with Crippen molar-refractivity contribution in [1.82, 2.24) is 4.90 Å². The number of aliphatic hydroxyl groups is 1. The quantitative estimate of drug-likeness (QED) is 0.529. The van der Waals surface area contributed by atoms with E-state index in [1.54, 1.807) is 21.9 Å². The number of hydrogen-bond acceptors (Lipinski definition) is 6. The summed E-state index contributed by atoms with van der Waals surface area (Å²) in [5.74, 6) is -1.93. The second kappa shape index (κ2) is 10.6. The summed E-state index contributed by atoms with van der Waals surface area (Å²) in [7, 11) is 0. The molecule has 5 atom stereocenters. The number of halogens is 1. The fourth-order valence-corrected chi connectivity index (χ4v) is 7.60. The number of amides is 3. The molecule has 1 N–H and O–H groups in total. The Morgan fingerprint density at radius 3 is 2.57 bits per heavy atom. The molecule has 1 spiro atoms. The zero-order valence-corrected chi connectivity index (χ0v) is 24.3. The number of alkyl halides is 1. The van der Waals surface area contributed by atoms with Crippen LogP contribution in [0, 0.1) is 11.8 Å². The molecule has 3 amide bonds. The number of cyclic esters (lactones) is 1. The lowest BCUT2D eigenvalue weighted by molar-refractivity contribution is -0.150. The van der Waals surface area contributed by atoms with Crippen LogP contribution in [0.1, 0.15) is 51.2 Å². The number of fused-ring (bicyclic) bond motifs is 2. The Kier molecular flexibility index (Phi) is 7.25. The third kappa shape index (κ3) is 4.55. The third-order valence-corrected chi connectivity index (χ3v) is 9.48. The van der Waals surface area contributed by atoms with E-state index in [0.717, 1.165) is 12.0 Å². The van der Waals surface area contributed by atoms with Crippen LogP contribution >= 0.6 is 0 Å². The molecular weight excluding hydrogens is 541 g/mol. The minimum atomic E-state index is -1.76. The van der Waals surface area contributed by atoms with Crippen LogP contribution in [-0.2, 0) is 31.2 Å². The van der Waals surface area contributed by atoms with Gasteiger partial charge in [0.25, 0.3) is 5.91 Å². The van der Waals surface area contributed by atoms with Crippen molar-refractivity contribution < 1.29 is 33.4 Å². The van der Waals surface area contributed by atoms with Gasteiger partial charge in [-0.15, -0.1) is 0 Å². The minimum Gasteiger partial charge on any atom is -0.447 e. The monoisotopic (exact) mass is 579 g/mol. The standard InChI is InChI=1S/C32H38FN3O6/c1-20-28(31(2,3)33)26(17-27(38)34-13-7-10-23(34)19-37)42-32(20)24-16-22(35-14-15-41-30(35)40)11-12-25(24)36(29(32)39)18-21-8-5-4-6-9-21/h4-6,8-9,11-12,16,20,23,26,28,37H,7,10,13-15,17-19H2,1-3H3/t20-,23-,26+,28-,32+/m0/s1. The smallest absolute Gasteiger partial charge is 0.414 e. The number of carbonyl (C=O) groups is 3. The van der Waals surface area contributed by atoms with Crippen LogP contribution in [0.4, 0.5) is 20.6 Å². The summed E-state index contributed by atoms with van der Waals surface area (Å²) in [6.07, 6.45) is 0.0725. The predicted octanol–water partition coefficient (Wildman–Crippen LogP) is 4.16. The fourth-order valence-electron chi connectivity index (χ4n) is 7.60. The van der Waals surface area contributed by atoms with Crippen LogP contribution in [0.25, 0.3) is 0 Å². The Morgan fingerprint density at radius 2 is 1.90 bits per heavy atom. The van der Waals surface area contributed by atoms with Gasteiger partial charge in [-0.25, -0.2) is 9.18 Å². The molecule has 3 fully saturated rings. The highest BCUT2D eigenvalue weighted by molar-refractivity contribution is 6.08. The first-order valence-electron chi connectivity index (χ1n) is 14.8. The van der Waals surface area contributed by atoms with Crippen LogP contribution < -0.4 is 9.80 Å².